The predicted molar refractivity (Wildman–Crippen MR) is 68.6 cm³/mol. The number of hydrogen-bond acceptors (Lipinski definition) is 2. The van der Waals surface area contributed by atoms with E-state index in [0.29, 0.717) is 10.6 Å². The van der Waals surface area contributed by atoms with Gasteiger partial charge in [0.25, 0.3) is 0 Å². The van der Waals surface area contributed by atoms with E-state index in [0.717, 1.165) is 25.9 Å². The van der Waals surface area contributed by atoms with Gasteiger partial charge in [-0.1, -0.05) is 23.7 Å². The fourth-order valence-corrected chi connectivity index (χ4v) is 2.19. The van der Waals surface area contributed by atoms with Crippen molar-refractivity contribution in [3.8, 4) is 0 Å². The fourth-order valence-electron chi connectivity index (χ4n) is 1.97. The molecule has 0 unspecified atom stereocenters. The van der Waals surface area contributed by atoms with Crippen LogP contribution in [0.15, 0.2) is 24.3 Å². The van der Waals surface area contributed by atoms with E-state index < -0.39 is 0 Å². The second-order valence-electron chi connectivity index (χ2n) is 3.87. The Morgan fingerprint density at radius 3 is 2.50 bits per heavy atom. The van der Waals surface area contributed by atoms with Crippen LogP contribution >= 0.6 is 24.0 Å². The van der Waals surface area contributed by atoms with Crippen LogP contribution in [0.5, 0.6) is 0 Å². The number of halogens is 2. The van der Waals surface area contributed by atoms with E-state index in [9.17, 15) is 4.79 Å². The van der Waals surface area contributed by atoms with Gasteiger partial charge in [0, 0.05) is 11.5 Å². The minimum Gasteiger partial charge on any atom is -0.317 e. The largest absolute Gasteiger partial charge is 0.317 e. The molecule has 1 saturated heterocycles. The Labute approximate surface area is 107 Å². The van der Waals surface area contributed by atoms with Gasteiger partial charge >= 0.3 is 0 Å². The summed E-state index contributed by atoms with van der Waals surface area (Å²) in [6.07, 6.45) is 1.84. The number of carbonyl (C=O) groups excluding carboxylic acids is 1. The van der Waals surface area contributed by atoms with E-state index in [2.05, 4.69) is 5.32 Å². The van der Waals surface area contributed by atoms with Crippen LogP contribution in [0.25, 0.3) is 0 Å². The lowest BCUT2D eigenvalue weighted by Gasteiger charge is -2.21. The van der Waals surface area contributed by atoms with Crippen LogP contribution in [-0.2, 0) is 0 Å². The molecule has 0 radical (unpaired) electrons. The second kappa shape index (κ2) is 6.24. The molecule has 0 atom stereocenters. The lowest BCUT2D eigenvalue weighted by molar-refractivity contribution is 0.0895. The predicted octanol–water partition coefficient (Wildman–Crippen LogP) is 2.94. The molecule has 0 saturated carbocycles. The Bertz CT molecular complexity index is 362. The summed E-state index contributed by atoms with van der Waals surface area (Å²) >= 11 is 6.00. The highest BCUT2D eigenvalue weighted by atomic mass is 35.5. The first-order valence-electron chi connectivity index (χ1n) is 5.28. The molecule has 0 bridgehead atoms. The van der Waals surface area contributed by atoms with Crippen molar-refractivity contribution in [2.75, 3.05) is 13.1 Å². The molecule has 0 aromatic heterocycles. The molecule has 1 aliphatic heterocycles. The first kappa shape index (κ1) is 13.5. The van der Waals surface area contributed by atoms with Crippen molar-refractivity contribution in [3.63, 3.8) is 0 Å². The summed E-state index contributed by atoms with van der Waals surface area (Å²) in [7, 11) is 0. The summed E-state index contributed by atoms with van der Waals surface area (Å²) in [5, 5.41) is 3.82. The normalized spacial score (nSPS) is 16.6. The maximum atomic E-state index is 12.1. The standard InChI is InChI=1S/C12H14ClNO.ClH/c13-11-4-2-1-3-10(11)12(15)9-5-7-14-8-6-9;/h1-4,9,14H,5-8H2;1H. The van der Waals surface area contributed by atoms with E-state index in [-0.39, 0.29) is 24.1 Å². The summed E-state index contributed by atoms with van der Waals surface area (Å²) in [6, 6.07) is 7.30. The smallest absolute Gasteiger partial charge is 0.167 e. The number of carbonyl (C=O) groups is 1. The molecule has 16 heavy (non-hydrogen) atoms. The summed E-state index contributed by atoms with van der Waals surface area (Å²) < 4.78 is 0. The van der Waals surface area contributed by atoms with Gasteiger partial charge in [-0.05, 0) is 38.1 Å². The van der Waals surface area contributed by atoms with Crippen LogP contribution in [0.2, 0.25) is 5.02 Å². The molecule has 2 rings (SSSR count). The Morgan fingerprint density at radius 1 is 1.25 bits per heavy atom. The molecule has 0 spiro atoms. The third-order valence-corrected chi connectivity index (χ3v) is 3.18. The average Bonchev–Trinajstić information content (AvgIpc) is 2.30. The van der Waals surface area contributed by atoms with E-state index in [1.165, 1.54) is 0 Å². The Hall–Kier alpha value is -0.570. The van der Waals surface area contributed by atoms with Gasteiger partial charge in [-0.3, -0.25) is 4.79 Å². The second-order valence-corrected chi connectivity index (χ2v) is 4.28. The third-order valence-electron chi connectivity index (χ3n) is 2.85. The lowest BCUT2D eigenvalue weighted by Crippen LogP contribution is -2.31. The molecule has 1 aliphatic rings. The first-order valence-corrected chi connectivity index (χ1v) is 5.66. The molecule has 0 amide bonds. The number of nitrogens with one attached hydrogen (secondary N) is 1. The average molecular weight is 260 g/mol. The van der Waals surface area contributed by atoms with E-state index in [1.807, 2.05) is 18.2 Å². The van der Waals surface area contributed by atoms with Crippen LogP contribution in [-0.4, -0.2) is 18.9 Å². The maximum Gasteiger partial charge on any atom is 0.167 e. The van der Waals surface area contributed by atoms with E-state index >= 15 is 0 Å². The van der Waals surface area contributed by atoms with Gasteiger partial charge in [-0.15, -0.1) is 12.4 Å². The summed E-state index contributed by atoms with van der Waals surface area (Å²) in [5.74, 6) is 0.341. The molecular weight excluding hydrogens is 245 g/mol. The molecular formula is C12H15Cl2NO. The minimum absolute atomic E-state index is 0. The highest BCUT2D eigenvalue weighted by molar-refractivity contribution is 6.34. The summed E-state index contributed by atoms with van der Waals surface area (Å²) in [6.45, 7) is 1.86. The fraction of sp³-hybridized carbons (Fsp3) is 0.417. The summed E-state index contributed by atoms with van der Waals surface area (Å²) in [4.78, 5) is 12.1. The number of benzene rings is 1. The zero-order valence-corrected chi connectivity index (χ0v) is 10.5. The van der Waals surface area contributed by atoms with E-state index in [1.54, 1.807) is 6.07 Å². The van der Waals surface area contributed by atoms with Crippen molar-refractivity contribution in [3.05, 3.63) is 34.9 Å². The summed E-state index contributed by atoms with van der Waals surface area (Å²) in [5.41, 5.74) is 0.672. The van der Waals surface area contributed by atoms with Gasteiger partial charge in [-0.2, -0.15) is 0 Å². The Kier molecular flexibility index (Phi) is 5.26. The van der Waals surface area contributed by atoms with Gasteiger partial charge in [0.15, 0.2) is 5.78 Å². The van der Waals surface area contributed by atoms with Crippen LogP contribution in [0, 0.1) is 5.92 Å². The van der Waals surface area contributed by atoms with Crippen LogP contribution < -0.4 is 5.32 Å². The Morgan fingerprint density at radius 2 is 1.88 bits per heavy atom. The highest BCUT2D eigenvalue weighted by Gasteiger charge is 2.23. The lowest BCUT2D eigenvalue weighted by atomic mass is 9.90. The minimum atomic E-state index is 0. The SMILES string of the molecule is Cl.O=C(c1ccccc1Cl)C1CCNCC1. The molecule has 1 N–H and O–H groups in total. The molecule has 1 fully saturated rings. The monoisotopic (exact) mass is 259 g/mol. The number of piperidine rings is 1. The van der Waals surface area contributed by atoms with Gasteiger partial charge in [0.05, 0.1) is 5.02 Å². The van der Waals surface area contributed by atoms with Crippen molar-refractivity contribution < 1.29 is 4.79 Å². The van der Waals surface area contributed by atoms with Gasteiger partial charge in [-0.25, -0.2) is 0 Å². The maximum absolute atomic E-state index is 12.1. The Balaban J connectivity index is 0.00000128. The van der Waals surface area contributed by atoms with Gasteiger partial charge in [0.1, 0.15) is 0 Å². The van der Waals surface area contributed by atoms with Crippen molar-refractivity contribution >= 4 is 29.8 Å². The number of rotatable bonds is 2. The van der Waals surface area contributed by atoms with Crippen molar-refractivity contribution in [2.24, 2.45) is 5.92 Å². The number of Topliss-reactive ketones (excluding diaryl/α,β-unsaturated/α-hetero) is 1. The van der Waals surface area contributed by atoms with E-state index in [4.69, 9.17) is 11.6 Å². The quantitative estimate of drug-likeness (QED) is 0.828. The van der Waals surface area contributed by atoms with Crippen LogP contribution in [0.1, 0.15) is 23.2 Å². The van der Waals surface area contributed by atoms with Gasteiger partial charge in [0.2, 0.25) is 0 Å². The topological polar surface area (TPSA) is 29.1 Å². The van der Waals surface area contributed by atoms with Crippen molar-refractivity contribution in [2.45, 2.75) is 12.8 Å². The highest BCUT2D eigenvalue weighted by Crippen LogP contribution is 2.23. The third kappa shape index (κ3) is 2.97. The molecule has 4 heteroatoms. The molecule has 0 aliphatic carbocycles. The zero-order chi connectivity index (χ0) is 10.7. The molecule has 1 heterocycles. The zero-order valence-electron chi connectivity index (χ0n) is 8.91. The van der Waals surface area contributed by atoms with Crippen LogP contribution in [0.4, 0.5) is 0 Å². The molecule has 88 valence electrons. The van der Waals surface area contributed by atoms with Gasteiger partial charge < -0.3 is 5.32 Å². The number of ketones is 1. The molecule has 2 nitrogen and oxygen atoms in total. The molecule has 1 aromatic carbocycles. The van der Waals surface area contributed by atoms with Crippen molar-refractivity contribution in [1.82, 2.24) is 5.32 Å². The number of hydrogen-bond donors (Lipinski definition) is 1. The molecule has 1 aromatic rings. The van der Waals surface area contributed by atoms with Crippen molar-refractivity contribution in [1.29, 1.82) is 0 Å². The first-order chi connectivity index (χ1) is 7.29. The van der Waals surface area contributed by atoms with Crippen LogP contribution in [0.3, 0.4) is 0 Å².